The van der Waals surface area contributed by atoms with Crippen molar-refractivity contribution in [1.82, 2.24) is 19.9 Å². The van der Waals surface area contributed by atoms with E-state index in [-0.39, 0.29) is 6.03 Å². The molecule has 0 fully saturated rings. The van der Waals surface area contributed by atoms with Crippen molar-refractivity contribution in [3.63, 3.8) is 0 Å². The summed E-state index contributed by atoms with van der Waals surface area (Å²) in [6.07, 6.45) is 6.98. The number of pyridine rings is 2. The Labute approximate surface area is 179 Å². The molecule has 30 heavy (non-hydrogen) atoms. The number of hydrogen-bond donors (Lipinski definition) is 1. The topological polar surface area (TPSA) is 71.0 Å². The van der Waals surface area contributed by atoms with Crippen LogP contribution >= 0.6 is 11.3 Å². The second-order valence-electron chi connectivity index (χ2n) is 7.39. The Bertz CT molecular complexity index is 1090. The fraction of sp³-hybridized carbons (Fsp3) is 0.217. The molecule has 4 aromatic rings. The van der Waals surface area contributed by atoms with Gasteiger partial charge in [0, 0.05) is 49.5 Å². The molecule has 3 aromatic heterocycles. The molecule has 0 aliphatic carbocycles. The summed E-state index contributed by atoms with van der Waals surface area (Å²) in [6, 6.07) is 13.4. The van der Waals surface area contributed by atoms with Crippen molar-refractivity contribution in [2.24, 2.45) is 0 Å². The third-order valence-corrected chi connectivity index (χ3v) is 5.98. The minimum atomic E-state index is -0.163. The molecule has 3 heterocycles. The lowest BCUT2D eigenvalue weighted by molar-refractivity contribution is 0.206. The molecule has 0 unspecified atom stereocenters. The van der Waals surface area contributed by atoms with Crippen LogP contribution in [0, 0.1) is 0 Å². The number of nitrogens with zero attached hydrogens (tertiary/aromatic N) is 4. The Hall–Kier alpha value is -3.32. The Morgan fingerprint density at radius 3 is 2.57 bits per heavy atom. The van der Waals surface area contributed by atoms with Gasteiger partial charge in [-0.25, -0.2) is 9.78 Å². The van der Waals surface area contributed by atoms with Crippen molar-refractivity contribution >= 4 is 33.3 Å². The molecule has 4 rings (SSSR count). The zero-order valence-corrected chi connectivity index (χ0v) is 17.8. The summed E-state index contributed by atoms with van der Waals surface area (Å²) in [5.41, 5.74) is 3.72. The Balaban J connectivity index is 1.55. The van der Waals surface area contributed by atoms with Crippen LogP contribution in [0.4, 0.5) is 10.5 Å². The van der Waals surface area contributed by atoms with Crippen LogP contribution < -0.4 is 5.32 Å². The lowest BCUT2D eigenvalue weighted by Gasteiger charge is -2.23. The number of rotatable bonds is 6. The second-order valence-corrected chi connectivity index (χ2v) is 8.45. The standard InChI is InChI=1S/C23H23N5OS/c1-16(2)22-27-20-6-5-19(12-21(20)30-22)26-23(29)28(14-17-7-10-24-11-8-17)15-18-4-3-9-25-13-18/h3-13,16H,14-15H2,1-2H3,(H,26,29). The van der Waals surface area contributed by atoms with Crippen LogP contribution in [0.25, 0.3) is 10.2 Å². The highest BCUT2D eigenvalue weighted by molar-refractivity contribution is 7.18. The highest BCUT2D eigenvalue weighted by Gasteiger charge is 2.16. The first-order valence-electron chi connectivity index (χ1n) is 9.82. The van der Waals surface area contributed by atoms with Crippen LogP contribution in [0.5, 0.6) is 0 Å². The maximum atomic E-state index is 13.1. The van der Waals surface area contributed by atoms with E-state index in [1.54, 1.807) is 41.0 Å². The number of benzene rings is 1. The van der Waals surface area contributed by atoms with E-state index in [2.05, 4.69) is 34.1 Å². The Morgan fingerprint density at radius 1 is 1.03 bits per heavy atom. The number of anilines is 1. The SMILES string of the molecule is CC(C)c1nc2ccc(NC(=O)N(Cc3ccncc3)Cc3cccnc3)cc2s1. The molecule has 6 nitrogen and oxygen atoms in total. The molecule has 7 heteroatoms. The van der Waals surface area contributed by atoms with Gasteiger partial charge < -0.3 is 10.2 Å². The summed E-state index contributed by atoms with van der Waals surface area (Å²) in [7, 11) is 0. The van der Waals surface area contributed by atoms with Gasteiger partial charge in [-0.15, -0.1) is 11.3 Å². The number of hydrogen-bond acceptors (Lipinski definition) is 5. The number of thiazole rings is 1. The van der Waals surface area contributed by atoms with Crippen molar-refractivity contribution in [2.45, 2.75) is 32.9 Å². The molecule has 1 N–H and O–H groups in total. The van der Waals surface area contributed by atoms with E-state index in [0.717, 1.165) is 32.0 Å². The molecule has 0 bridgehead atoms. The fourth-order valence-corrected chi connectivity index (χ4v) is 4.10. The van der Waals surface area contributed by atoms with E-state index >= 15 is 0 Å². The maximum absolute atomic E-state index is 13.1. The lowest BCUT2D eigenvalue weighted by Crippen LogP contribution is -2.34. The zero-order valence-electron chi connectivity index (χ0n) is 16.9. The molecule has 2 amide bonds. The average molecular weight is 418 g/mol. The highest BCUT2D eigenvalue weighted by Crippen LogP contribution is 2.29. The summed E-state index contributed by atoms with van der Waals surface area (Å²) < 4.78 is 1.07. The number of fused-ring (bicyclic) bond motifs is 1. The molecule has 152 valence electrons. The van der Waals surface area contributed by atoms with Gasteiger partial charge in [-0.3, -0.25) is 9.97 Å². The van der Waals surface area contributed by atoms with Gasteiger partial charge >= 0.3 is 6.03 Å². The van der Waals surface area contributed by atoms with Gasteiger partial charge in [0.2, 0.25) is 0 Å². The van der Waals surface area contributed by atoms with Gasteiger partial charge in [-0.1, -0.05) is 19.9 Å². The third kappa shape index (κ3) is 4.80. The number of carbonyl (C=O) groups is 1. The van der Waals surface area contributed by atoms with Crippen LogP contribution in [-0.4, -0.2) is 25.9 Å². The van der Waals surface area contributed by atoms with E-state index in [4.69, 9.17) is 0 Å². The molecule has 0 aliphatic heterocycles. The molecule has 0 spiro atoms. The number of amides is 2. The molecular weight excluding hydrogens is 394 g/mol. The molecule has 0 saturated heterocycles. The number of carbonyl (C=O) groups excluding carboxylic acids is 1. The number of urea groups is 1. The van der Waals surface area contributed by atoms with E-state index < -0.39 is 0 Å². The summed E-state index contributed by atoms with van der Waals surface area (Å²) in [5, 5.41) is 4.14. The first-order valence-corrected chi connectivity index (χ1v) is 10.6. The maximum Gasteiger partial charge on any atom is 0.322 e. The van der Waals surface area contributed by atoms with Gasteiger partial charge in [0.15, 0.2) is 0 Å². The largest absolute Gasteiger partial charge is 0.322 e. The average Bonchev–Trinajstić information content (AvgIpc) is 3.19. The van der Waals surface area contributed by atoms with E-state index in [9.17, 15) is 4.79 Å². The summed E-state index contributed by atoms with van der Waals surface area (Å²) in [4.78, 5) is 27.8. The Morgan fingerprint density at radius 2 is 1.83 bits per heavy atom. The van der Waals surface area contributed by atoms with Crippen LogP contribution in [0.2, 0.25) is 0 Å². The van der Waals surface area contributed by atoms with E-state index in [1.165, 1.54) is 0 Å². The minimum absolute atomic E-state index is 0.163. The molecule has 1 aromatic carbocycles. The monoisotopic (exact) mass is 417 g/mol. The molecule has 0 atom stereocenters. The summed E-state index contributed by atoms with van der Waals surface area (Å²) in [6.45, 7) is 5.21. The smallest absolute Gasteiger partial charge is 0.316 e. The van der Waals surface area contributed by atoms with Gasteiger partial charge in [0.1, 0.15) is 0 Å². The first kappa shape index (κ1) is 20.0. The highest BCUT2D eigenvalue weighted by atomic mass is 32.1. The van der Waals surface area contributed by atoms with Gasteiger partial charge in [0.25, 0.3) is 0 Å². The van der Waals surface area contributed by atoms with Crippen LogP contribution in [0.1, 0.15) is 35.9 Å². The normalized spacial score (nSPS) is 11.0. The van der Waals surface area contributed by atoms with Gasteiger partial charge in [-0.05, 0) is 47.5 Å². The third-order valence-electron chi connectivity index (χ3n) is 4.66. The summed E-state index contributed by atoms with van der Waals surface area (Å²) in [5.74, 6) is 0.385. The lowest BCUT2D eigenvalue weighted by atomic mass is 10.2. The number of aromatic nitrogens is 3. The zero-order chi connectivity index (χ0) is 20.9. The summed E-state index contributed by atoms with van der Waals surface area (Å²) >= 11 is 1.67. The second kappa shape index (κ2) is 9.00. The van der Waals surface area contributed by atoms with Crippen molar-refractivity contribution in [2.75, 3.05) is 5.32 Å². The molecular formula is C23H23N5OS. The van der Waals surface area contributed by atoms with Crippen molar-refractivity contribution in [3.05, 3.63) is 83.4 Å². The molecule has 0 radical (unpaired) electrons. The predicted octanol–water partition coefficient (Wildman–Crippen LogP) is 5.44. The first-order chi connectivity index (χ1) is 14.6. The van der Waals surface area contributed by atoms with Crippen LogP contribution in [0.15, 0.2) is 67.3 Å². The van der Waals surface area contributed by atoms with Crippen LogP contribution in [0.3, 0.4) is 0 Å². The Kier molecular flexibility index (Phi) is 5.99. The van der Waals surface area contributed by atoms with Crippen molar-refractivity contribution in [1.29, 1.82) is 0 Å². The van der Waals surface area contributed by atoms with Gasteiger partial charge in [-0.2, -0.15) is 0 Å². The molecule has 0 saturated carbocycles. The van der Waals surface area contributed by atoms with Crippen molar-refractivity contribution < 1.29 is 4.79 Å². The van der Waals surface area contributed by atoms with Crippen molar-refractivity contribution in [3.8, 4) is 0 Å². The molecule has 0 aliphatic rings. The fourth-order valence-electron chi connectivity index (χ4n) is 3.09. The van der Waals surface area contributed by atoms with Gasteiger partial charge in [0.05, 0.1) is 15.2 Å². The number of nitrogens with one attached hydrogen (secondary N) is 1. The minimum Gasteiger partial charge on any atom is -0.316 e. The van der Waals surface area contributed by atoms with E-state index in [1.807, 2.05) is 42.5 Å². The van der Waals surface area contributed by atoms with Crippen LogP contribution in [-0.2, 0) is 13.1 Å². The van der Waals surface area contributed by atoms with E-state index in [0.29, 0.717) is 19.0 Å². The quantitative estimate of drug-likeness (QED) is 0.453. The predicted molar refractivity (Wildman–Crippen MR) is 120 cm³/mol.